The summed E-state index contributed by atoms with van der Waals surface area (Å²) in [6.07, 6.45) is 3.19. The SMILES string of the molecule is CC(C)=Cc1ncc([N+](=O)[O-])n1CCN1CCOCC1. The summed E-state index contributed by atoms with van der Waals surface area (Å²) in [6, 6.07) is 0. The van der Waals surface area contributed by atoms with Gasteiger partial charge in [0.1, 0.15) is 12.7 Å². The second kappa shape index (κ2) is 6.62. The predicted octanol–water partition coefficient (Wildman–Crippen LogP) is 1.55. The zero-order valence-electron chi connectivity index (χ0n) is 11.9. The third-order valence-electron chi connectivity index (χ3n) is 3.21. The molecule has 0 bridgehead atoms. The van der Waals surface area contributed by atoms with Crippen molar-refractivity contribution in [1.29, 1.82) is 0 Å². The summed E-state index contributed by atoms with van der Waals surface area (Å²) in [5.74, 6) is 0.690. The molecule has 0 radical (unpaired) electrons. The van der Waals surface area contributed by atoms with Gasteiger partial charge in [0.2, 0.25) is 5.82 Å². The maximum atomic E-state index is 11.1. The van der Waals surface area contributed by atoms with Crippen molar-refractivity contribution in [3.05, 3.63) is 27.7 Å². The first-order valence-corrected chi connectivity index (χ1v) is 6.73. The van der Waals surface area contributed by atoms with Gasteiger partial charge >= 0.3 is 5.82 Å². The Morgan fingerprint density at radius 2 is 2.15 bits per heavy atom. The first-order chi connectivity index (χ1) is 9.58. The molecule has 7 heteroatoms. The number of nitrogens with zero attached hydrogens (tertiary/aromatic N) is 4. The summed E-state index contributed by atoms with van der Waals surface area (Å²) < 4.78 is 6.97. The maximum absolute atomic E-state index is 11.1. The van der Waals surface area contributed by atoms with Crippen molar-refractivity contribution in [2.45, 2.75) is 20.4 Å². The van der Waals surface area contributed by atoms with Crippen molar-refractivity contribution in [3.8, 4) is 0 Å². The lowest BCUT2D eigenvalue weighted by molar-refractivity contribution is -0.392. The van der Waals surface area contributed by atoms with Crippen LogP contribution in [-0.4, -0.2) is 52.2 Å². The van der Waals surface area contributed by atoms with E-state index in [0.29, 0.717) is 12.4 Å². The van der Waals surface area contributed by atoms with E-state index >= 15 is 0 Å². The van der Waals surface area contributed by atoms with E-state index in [1.807, 2.05) is 19.9 Å². The molecule has 0 spiro atoms. The van der Waals surface area contributed by atoms with Crippen LogP contribution in [0.4, 0.5) is 5.82 Å². The molecule has 0 aliphatic carbocycles. The number of morpholine rings is 1. The zero-order chi connectivity index (χ0) is 14.5. The van der Waals surface area contributed by atoms with Crippen LogP contribution in [0.1, 0.15) is 19.7 Å². The van der Waals surface area contributed by atoms with E-state index in [4.69, 9.17) is 4.74 Å². The van der Waals surface area contributed by atoms with Gasteiger partial charge < -0.3 is 14.9 Å². The lowest BCUT2D eigenvalue weighted by atomic mass is 10.3. The van der Waals surface area contributed by atoms with Crippen LogP contribution >= 0.6 is 0 Å². The van der Waals surface area contributed by atoms with Gasteiger partial charge in [0.15, 0.2) is 0 Å². The highest BCUT2D eigenvalue weighted by molar-refractivity contribution is 5.46. The summed E-state index contributed by atoms with van der Waals surface area (Å²) in [5.41, 5.74) is 1.07. The van der Waals surface area contributed by atoms with Crippen molar-refractivity contribution < 1.29 is 9.66 Å². The van der Waals surface area contributed by atoms with Gasteiger partial charge in [0.05, 0.1) is 13.2 Å². The molecule has 20 heavy (non-hydrogen) atoms. The van der Waals surface area contributed by atoms with E-state index in [-0.39, 0.29) is 10.7 Å². The molecular formula is C13H20N4O3. The Hall–Kier alpha value is -1.73. The van der Waals surface area contributed by atoms with E-state index in [1.165, 1.54) is 6.20 Å². The van der Waals surface area contributed by atoms with Gasteiger partial charge in [-0.3, -0.25) is 4.90 Å². The Balaban J connectivity index is 2.12. The average molecular weight is 280 g/mol. The lowest BCUT2D eigenvalue weighted by Crippen LogP contribution is -2.38. The number of imidazole rings is 1. The second-order valence-electron chi connectivity index (χ2n) is 5.06. The molecule has 0 unspecified atom stereocenters. The van der Waals surface area contributed by atoms with Crippen molar-refractivity contribution in [3.63, 3.8) is 0 Å². The van der Waals surface area contributed by atoms with E-state index in [0.717, 1.165) is 38.4 Å². The van der Waals surface area contributed by atoms with Crippen LogP contribution in [0.5, 0.6) is 0 Å². The number of allylic oxidation sites excluding steroid dienone is 1. The maximum Gasteiger partial charge on any atom is 0.343 e. The van der Waals surface area contributed by atoms with E-state index < -0.39 is 0 Å². The monoisotopic (exact) mass is 280 g/mol. The molecule has 0 atom stereocenters. The highest BCUT2D eigenvalue weighted by atomic mass is 16.6. The minimum absolute atomic E-state index is 0.0470. The van der Waals surface area contributed by atoms with Crippen molar-refractivity contribution in [2.75, 3.05) is 32.8 Å². The van der Waals surface area contributed by atoms with Crippen LogP contribution in [0, 0.1) is 10.1 Å². The number of aromatic nitrogens is 2. The summed E-state index contributed by atoms with van der Waals surface area (Å²) in [6.45, 7) is 8.44. The molecule has 1 aromatic heterocycles. The Morgan fingerprint density at radius 1 is 1.45 bits per heavy atom. The molecule has 2 rings (SSSR count). The van der Waals surface area contributed by atoms with Gasteiger partial charge in [-0.2, -0.15) is 0 Å². The summed E-state index contributed by atoms with van der Waals surface area (Å²) in [7, 11) is 0. The Bertz CT molecular complexity index is 500. The van der Waals surface area contributed by atoms with Crippen molar-refractivity contribution >= 4 is 11.9 Å². The second-order valence-corrected chi connectivity index (χ2v) is 5.06. The number of hydrogen-bond acceptors (Lipinski definition) is 5. The molecule has 7 nitrogen and oxygen atoms in total. The third-order valence-corrected chi connectivity index (χ3v) is 3.21. The van der Waals surface area contributed by atoms with Crippen LogP contribution in [0.25, 0.3) is 6.08 Å². The van der Waals surface area contributed by atoms with Crippen LogP contribution in [0.2, 0.25) is 0 Å². The normalized spacial score (nSPS) is 16.1. The minimum atomic E-state index is -0.380. The molecule has 0 saturated carbocycles. The lowest BCUT2D eigenvalue weighted by Gasteiger charge is -2.25. The first-order valence-electron chi connectivity index (χ1n) is 6.73. The van der Waals surface area contributed by atoms with E-state index in [1.54, 1.807) is 4.57 Å². The molecule has 0 N–H and O–H groups in total. The number of ether oxygens (including phenoxy) is 1. The van der Waals surface area contributed by atoms with Crippen molar-refractivity contribution in [1.82, 2.24) is 14.5 Å². The summed E-state index contributed by atoms with van der Waals surface area (Å²) in [4.78, 5) is 17.1. The quantitative estimate of drug-likeness (QED) is 0.604. The third kappa shape index (κ3) is 3.64. The van der Waals surface area contributed by atoms with Crippen LogP contribution < -0.4 is 0 Å². The Morgan fingerprint density at radius 3 is 2.75 bits per heavy atom. The number of rotatable bonds is 5. The Labute approximate surface area is 118 Å². The molecule has 1 saturated heterocycles. The molecule has 0 amide bonds. The van der Waals surface area contributed by atoms with Gasteiger partial charge in [-0.1, -0.05) is 5.57 Å². The summed E-state index contributed by atoms with van der Waals surface area (Å²) >= 11 is 0. The fourth-order valence-electron chi connectivity index (χ4n) is 2.19. The first kappa shape index (κ1) is 14.7. The van der Waals surface area contributed by atoms with Crippen molar-refractivity contribution in [2.24, 2.45) is 0 Å². The molecule has 2 heterocycles. The predicted molar refractivity (Wildman–Crippen MR) is 75.5 cm³/mol. The average Bonchev–Trinajstić information content (AvgIpc) is 2.80. The van der Waals surface area contributed by atoms with E-state index in [9.17, 15) is 10.1 Å². The molecule has 1 aliphatic heterocycles. The molecule has 0 aromatic carbocycles. The standard InChI is InChI=1S/C13H20N4O3/c1-11(2)9-12-14-10-13(17(18)19)16(12)4-3-15-5-7-20-8-6-15/h9-10H,3-8H2,1-2H3. The fourth-order valence-corrected chi connectivity index (χ4v) is 2.19. The number of hydrogen-bond donors (Lipinski definition) is 0. The number of nitro groups is 1. The van der Waals surface area contributed by atoms with Crippen LogP contribution in [-0.2, 0) is 11.3 Å². The largest absolute Gasteiger partial charge is 0.379 e. The molecular weight excluding hydrogens is 260 g/mol. The molecule has 1 fully saturated rings. The van der Waals surface area contributed by atoms with E-state index in [2.05, 4.69) is 9.88 Å². The van der Waals surface area contributed by atoms with Gasteiger partial charge in [-0.15, -0.1) is 0 Å². The van der Waals surface area contributed by atoms with Crippen LogP contribution in [0.15, 0.2) is 11.8 Å². The molecule has 1 aromatic rings. The van der Waals surface area contributed by atoms with Gasteiger partial charge in [0, 0.05) is 25.7 Å². The summed E-state index contributed by atoms with van der Waals surface area (Å²) in [5, 5.41) is 11.1. The zero-order valence-corrected chi connectivity index (χ0v) is 11.9. The minimum Gasteiger partial charge on any atom is -0.379 e. The Kier molecular flexibility index (Phi) is 4.86. The van der Waals surface area contributed by atoms with Gasteiger partial charge in [-0.25, -0.2) is 9.55 Å². The highest BCUT2D eigenvalue weighted by Crippen LogP contribution is 2.16. The molecule has 1 aliphatic rings. The fraction of sp³-hybridized carbons (Fsp3) is 0.615. The highest BCUT2D eigenvalue weighted by Gasteiger charge is 2.20. The molecule has 110 valence electrons. The van der Waals surface area contributed by atoms with Crippen LogP contribution in [0.3, 0.4) is 0 Å². The topological polar surface area (TPSA) is 73.4 Å². The smallest absolute Gasteiger partial charge is 0.343 e. The van der Waals surface area contributed by atoms with Gasteiger partial charge in [0.25, 0.3) is 0 Å². The van der Waals surface area contributed by atoms with Gasteiger partial charge in [-0.05, 0) is 18.8 Å².